The van der Waals surface area contributed by atoms with Crippen molar-refractivity contribution in [2.45, 2.75) is 49.6 Å². The van der Waals surface area contributed by atoms with Crippen LogP contribution in [0.5, 0.6) is 0 Å². The molecule has 0 radical (unpaired) electrons. The number of benzene rings is 1. The van der Waals surface area contributed by atoms with Gasteiger partial charge in [0, 0.05) is 18.3 Å². The molecule has 3 N–H and O–H groups in total. The first kappa shape index (κ1) is 20.6. The third kappa shape index (κ3) is 3.87. The lowest BCUT2D eigenvalue weighted by Gasteiger charge is -2.33. The number of hydrogen-bond donors (Lipinski definition) is 2. The van der Waals surface area contributed by atoms with Crippen LogP contribution in [-0.4, -0.2) is 53.4 Å². The van der Waals surface area contributed by atoms with Crippen molar-refractivity contribution >= 4 is 32.8 Å². The molecule has 0 amide bonds. The van der Waals surface area contributed by atoms with Gasteiger partial charge >= 0.3 is 0 Å². The van der Waals surface area contributed by atoms with E-state index in [4.69, 9.17) is 5.73 Å². The largest absolute Gasteiger partial charge is 0.368 e. The third-order valence-electron chi connectivity index (χ3n) is 5.87. The number of nitrogens with one attached hydrogen (secondary N) is 1. The van der Waals surface area contributed by atoms with E-state index in [0.717, 1.165) is 31.2 Å². The smallest absolute Gasteiger partial charge is 0.269 e. The zero-order valence-electron chi connectivity index (χ0n) is 17.5. The van der Waals surface area contributed by atoms with Crippen molar-refractivity contribution < 1.29 is 8.42 Å². The molecule has 1 fully saturated rings. The second kappa shape index (κ2) is 7.88. The first-order valence-electron chi connectivity index (χ1n) is 10.2. The van der Waals surface area contributed by atoms with Crippen molar-refractivity contribution in [2.24, 2.45) is 0 Å². The van der Waals surface area contributed by atoms with Gasteiger partial charge in [-0.05, 0) is 64.9 Å². The quantitative estimate of drug-likeness (QED) is 0.643. The van der Waals surface area contributed by atoms with Crippen molar-refractivity contribution in [3.05, 3.63) is 42.1 Å². The van der Waals surface area contributed by atoms with E-state index < -0.39 is 10.0 Å². The van der Waals surface area contributed by atoms with Gasteiger partial charge in [-0.3, -0.25) is 0 Å². The average molecular weight is 429 g/mol. The minimum Gasteiger partial charge on any atom is -0.368 e. The lowest BCUT2D eigenvalue weighted by atomic mass is 9.90. The van der Waals surface area contributed by atoms with Crippen LogP contribution in [0.3, 0.4) is 0 Å². The molecule has 160 valence electrons. The monoisotopic (exact) mass is 428 g/mol. The number of aromatic nitrogens is 3. The molecule has 3 aromatic rings. The summed E-state index contributed by atoms with van der Waals surface area (Å²) in [5, 5.41) is 4.13. The molecule has 30 heavy (non-hydrogen) atoms. The number of anilines is 2. The Balaban J connectivity index is 1.66. The fourth-order valence-electron chi connectivity index (χ4n) is 4.07. The maximum Gasteiger partial charge on any atom is 0.269 e. The normalized spacial score (nSPS) is 20.0. The zero-order valence-corrected chi connectivity index (χ0v) is 18.4. The van der Waals surface area contributed by atoms with Gasteiger partial charge in [-0.25, -0.2) is 12.4 Å². The van der Waals surface area contributed by atoms with E-state index in [1.807, 2.05) is 6.92 Å². The van der Waals surface area contributed by atoms with Crippen molar-refractivity contribution in [1.29, 1.82) is 0 Å². The van der Waals surface area contributed by atoms with Gasteiger partial charge in [0.05, 0.1) is 10.3 Å². The van der Waals surface area contributed by atoms with Crippen molar-refractivity contribution in [3.63, 3.8) is 0 Å². The van der Waals surface area contributed by atoms with Gasteiger partial charge < -0.3 is 16.0 Å². The Morgan fingerprint density at radius 1 is 1.07 bits per heavy atom. The van der Waals surface area contributed by atoms with Gasteiger partial charge in [-0.15, -0.1) is 0 Å². The number of nitrogens with zero attached hydrogens (tertiary/aromatic N) is 4. The molecule has 2 aromatic heterocycles. The fourth-order valence-corrected chi connectivity index (χ4v) is 5.36. The number of aryl methyl sites for hydroxylation is 1. The molecular formula is C21H28N6O2S. The highest BCUT2D eigenvalue weighted by Crippen LogP contribution is 2.29. The number of nitrogens with two attached hydrogens (primary N) is 1. The predicted octanol–water partition coefficient (Wildman–Crippen LogP) is 2.84. The van der Waals surface area contributed by atoms with Crippen LogP contribution < -0.4 is 11.1 Å². The Kier molecular flexibility index (Phi) is 5.42. The van der Waals surface area contributed by atoms with E-state index in [9.17, 15) is 8.42 Å². The average Bonchev–Trinajstić information content (AvgIpc) is 3.13. The summed E-state index contributed by atoms with van der Waals surface area (Å²) in [6, 6.07) is 9.36. The second-order valence-electron chi connectivity index (χ2n) is 8.21. The number of fused-ring (bicyclic) bond motifs is 1. The summed E-state index contributed by atoms with van der Waals surface area (Å²) in [6.07, 6.45) is 5.78. The second-order valence-corrected chi connectivity index (χ2v) is 10.0. The van der Waals surface area contributed by atoms with Gasteiger partial charge in [0.2, 0.25) is 5.95 Å². The molecule has 1 aromatic carbocycles. The molecule has 0 saturated heterocycles. The summed E-state index contributed by atoms with van der Waals surface area (Å²) in [6.45, 7) is 1.92. The molecule has 1 aliphatic rings. The molecule has 4 rings (SSSR count). The van der Waals surface area contributed by atoms with Crippen molar-refractivity contribution in [1.82, 2.24) is 18.8 Å². The summed E-state index contributed by atoms with van der Waals surface area (Å²) in [5.74, 6) is 0.634. The minimum atomic E-state index is -3.78. The van der Waals surface area contributed by atoms with Crippen LogP contribution in [0.2, 0.25) is 0 Å². The van der Waals surface area contributed by atoms with Gasteiger partial charge in [0.1, 0.15) is 5.82 Å². The lowest BCUT2D eigenvalue weighted by Crippen LogP contribution is -2.36. The van der Waals surface area contributed by atoms with E-state index in [0.29, 0.717) is 17.2 Å². The van der Waals surface area contributed by atoms with Crippen LogP contribution in [0, 0.1) is 6.92 Å². The summed E-state index contributed by atoms with van der Waals surface area (Å²) in [7, 11) is 0.446. The molecular weight excluding hydrogens is 400 g/mol. The minimum absolute atomic E-state index is 0.0473. The van der Waals surface area contributed by atoms with Crippen LogP contribution in [0.15, 0.2) is 41.4 Å². The van der Waals surface area contributed by atoms with Gasteiger partial charge in [0.25, 0.3) is 10.0 Å². The molecule has 0 atom stereocenters. The summed E-state index contributed by atoms with van der Waals surface area (Å²) < 4.78 is 27.5. The molecule has 1 aliphatic carbocycles. The van der Waals surface area contributed by atoms with Crippen molar-refractivity contribution in [2.75, 3.05) is 25.1 Å². The Morgan fingerprint density at radius 2 is 1.73 bits per heavy atom. The van der Waals surface area contributed by atoms with Gasteiger partial charge in [-0.2, -0.15) is 9.97 Å². The SMILES string of the molecule is Cc1ccc(S(=O)(=O)n2ccc3c(NC4CCC(N(C)C)CC4)nc(N)nc32)cc1. The van der Waals surface area contributed by atoms with E-state index in [1.54, 1.807) is 30.3 Å². The summed E-state index contributed by atoms with van der Waals surface area (Å²) in [5.41, 5.74) is 7.22. The van der Waals surface area contributed by atoms with Crippen LogP contribution in [0.4, 0.5) is 11.8 Å². The number of hydrogen-bond acceptors (Lipinski definition) is 7. The third-order valence-corrected chi connectivity index (χ3v) is 7.55. The number of rotatable bonds is 5. The zero-order chi connectivity index (χ0) is 21.5. The van der Waals surface area contributed by atoms with Crippen LogP contribution in [0.25, 0.3) is 11.0 Å². The number of nitrogen functional groups attached to an aromatic ring is 1. The molecule has 1 saturated carbocycles. The Labute approximate surface area is 177 Å². The summed E-state index contributed by atoms with van der Waals surface area (Å²) in [4.78, 5) is 11.1. The maximum atomic E-state index is 13.2. The highest BCUT2D eigenvalue weighted by Gasteiger charge is 2.25. The van der Waals surface area contributed by atoms with Crippen LogP contribution >= 0.6 is 0 Å². The molecule has 8 nitrogen and oxygen atoms in total. The maximum absolute atomic E-state index is 13.2. The Hall–Kier alpha value is -2.65. The predicted molar refractivity (Wildman–Crippen MR) is 119 cm³/mol. The first-order valence-corrected chi connectivity index (χ1v) is 11.6. The summed E-state index contributed by atoms with van der Waals surface area (Å²) >= 11 is 0. The molecule has 2 heterocycles. The highest BCUT2D eigenvalue weighted by molar-refractivity contribution is 7.90. The van der Waals surface area contributed by atoms with Crippen molar-refractivity contribution in [3.8, 4) is 0 Å². The lowest BCUT2D eigenvalue weighted by molar-refractivity contribution is 0.221. The fraction of sp³-hybridized carbons (Fsp3) is 0.429. The van der Waals surface area contributed by atoms with E-state index in [1.165, 1.54) is 10.2 Å². The molecule has 9 heteroatoms. The van der Waals surface area contributed by atoms with E-state index >= 15 is 0 Å². The first-order chi connectivity index (χ1) is 14.3. The molecule has 0 aliphatic heterocycles. The Bertz CT molecular complexity index is 1150. The Morgan fingerprint density at radius 3 is 2.37 bits per heavy atom. The van der Waals surface area contributed by atoms with Gasteiger partial charge in [-0.1, -0.05) is 17.7 Å². The highest BCUT2D eigenvalue weighted by atomic mass is 32.2. The molecule has 0 spiro atoms. The van der Waals surface area contributed by atoms with Crippen LogP contribution in [-0.2, 0) is 10.0 Å². The van der Waals surface area contributed by atoms with Gasteiger partial charge in [0.15, 0.2) is 5.65 Å². The van der Waals surface area contributed by atoms with E-state index in [2.05, 4.69) is 34.3 Å². The standard InChI is InChI=1S/C21H28N6O2S/c1-14-4-10-17(11-5-14)30(28,29)27-13-12-18-19(24-21(22)25-20(18)27)23-15-6-8-16(9-7-15)26(2)3/h4-5,10-13,15-16H,6-9H2,1-3H3,(H3,22,23,24,25). The topological polar surface area (TPSA) is 106 Å². The molecule has 0 unspecified atom stereocenters. The van der Waals surface area contributed by atoms with Crippen LogP contribution in [0.1, 0.15) is 31.2 Å². The molecule has 0 bridgehead atoms. The van der Waals surface area contributed by atoms with E-state index in [-0.39, 0.29) is 22.5 Å².